The third-order valence-electron chi connectivity index (χ3n) is 5.55. The number of halogens is 3. The molecular weight excluding hydrogens is 445 g/mol. The SMILES string of the molecule is CCC1=C(c2ccc(O)cc2)N(C(F)(F)F)N(c2ccccc2)C1c1ccc(OC(C)=O)cc1. The van der Waals surface area contributed by atoms with Gasteiger partial charge >= 0.3 is 12.3 Å². The molecule has 0 saturated carbocycles. The topological polar surface area (TPSA) is 53.0 Å². The van der Waals surface area contributed by atoms with Gasteiger partial charge in [-0.3, -0.25) is 9.80 Å². The quantitative estimate of drug-likeness (QED) is 0.265. The van der Waals surface area contributed by atoms with Crippen LogP contribution in [0.1, 0.15) is 37.4 Å². The predicted molar refractivity (Wildman–Crippen MR) is 123 cm³/mol. The van der Waals surface area contributed by atoms with Gasteiger partial charge in [-0.2, -0.15) is 5.01 Å². The van der Waals surface area contributed by atoms with Gasteiger partial charge in [0.1, 0.15) is 11.5 Å². The molecule has 1 atom stereocenters. The second-order valence-corrected chi connectivity index (χ2v) is 7.80. The molecule has 3 aromatic carbocycles. The fraction of sp³-hybridized carbons (Fsp3) is 0.192. The van der Waals surface area contributed by atoms with Crippen LogP contribution in [-0.2, 0) is 4.79 Å². The number of ether oxygens (including phenoxy) is 1. The van der Waals surface area contributed by atoms with E-state index in [0.717, 1.165) is 0 Å². The Bertz CT molecular complexity index is 1190. The highest BCUT2D eigenvalue weighted by Crippen LogP contribution is 2.51. The van der Waals surface area contributed by atoms with Crippen molar-refractivity contribution in [1.82, 2.24) is 5.01 Å². The van der Waals surface area contributed by atoms with Gasteiger partial charge in [-0.15, -0.1) is 13.2 Å². The van der Waals surface area contributed by atoms with Crippen LogP contribution < -0.4 is 9.75 Å². The number of hydrazine groups is 1. The van der Waals surface area contributed by atoms with Crippen LogP contribution in [0.2, 0.25) is 0 Å². The summed E-state index contributed by atoms with van der Waals surface area (Å²) in [5.74, 6) is -0.197. The van der Waals surface area contributed by atoms with Crippen molar-refractivity contribution in [3.8, 4) is 11.5 Å². The lowest BCUT2D eigenvalue weighted by molar-refractivity contribution is -0.224. The molecule has 176 valence electrons. The van der Waals surface area contributed by atoms with Crippen molar-refractivity contribution in [2.75, 3.05) is 5.01 Å². The Morgan fingerprint density at radius 2 is 1.59 bits per heavy atom. The predicted octanol–water partition coefficient (Wildman–Crippen LogP) is 6.44. The van der Waals surface area contributed by atoms with E-state index in [0.29, 0.717) is 39.6 Å². The van der Waals surface area contributed by atoms with Crippen molar-refractivity contribution in [1.29, 1.82) is 0 Å². The first kappa shape index (κ1) is 23.2. The van der Waals surface area contributed by atoms with Gasteiger partial charge in [0, 0.05) is 12.5 Å². The number of aromatic hydroxyl groups is 1. The second kappa shape index (κ2) is 9.13. The zero-order valence-electron chi connectivity index (χ0n) is 18.6. The molecule has 1 aliphatic rings. The largest absolute Gasteiger partial charge is 0.508 e. The fourth-order valence-corrected chi connectivity index (χ4v) is 4.24. The Kier molecular flexibility index (Phi) is 6.24. The summed E-state index contributed by atoms with van der Waals surface area (Å²) in [6.45, 7) is 3.10. The van der Waals surface area contributed by atoms with Crippen molar-refractivity contribution in [2.45, 2.75) is 32.6 Å². The first-order valence-electron chi connectivity index (χ1n) is 10.7. The number of carbonyl (C=O) groups excluding carboxylic acids is 1. The molecule has 0 aliphatic carbocycles. The van der Waals surface area contributed by atoms with E-state index in [2.05, 4.69) is 0 Å². The monoisotopic (exact) mass is 468 g/mol. The summed E-state index contributed by atoms with van der Waals surface area (Å²) in [4.78, 5) is 11.3. The van der Waals surface area contributed by atoms with Gasteiger partial charge in [-0.1, -0.05) is 37.3 Å². The summed E-state index contributed by atoms with van der Waals surface area (Å²) in [6.07, 6.45) is -4.38. The molecule has 1 heterocycles. The van der Waals surface area contributed by atoms with Gasteiger partial charge in [0.05, 0.1) is 17.4 Å². The van der Waals surface area contributed by atoms with Crippen LogP contribution in [0.5, 0.6) is 11.5 Å². The fourth-order valence-electron chi connectivity index (χ4n) is 4.24. The number of rotatable bonds is 5. The number of alkyl halides is 3. The number of anilines is 1. The summed E-state index contributed by atoms with van der Waals surface area (Å²) in [5.41, 5.74) is 1.90. The molecule has 34 heavy (non-hydrogen) atoms. The highest BCUT2D eigenvalue weighted by molar-refractivity contribution is 5.76. The summed E-state index contributed by atoms with van der Waals surface area (Å²) < 4.78 is 49.1. The zero-order chi connectivity index (χ0) is 24.5. The smallest absolute Gasteiger partial charge is 0.503 e. The molecule has 0 radical (unpaired) electrons. The molecule has 0 saturated heterocycles. The zero-order valence-corrected chi connectivity index (χ0v) is 18.6. The van der Waals surface area contributed by atoms with Gasteiger partial charge in [-0.25, -0.2) is 0 Å². The van der Waals surface area contributed by atoms with Crippen molar-refractivity contribution < 1.29 is 27.8 Å². The third-order valence-corrected chi connectivity index (χ3v) is 5.55. The molecule has 0 spiro atoms. The highest BCUT2D eigenvalue weighted by Gasteiger charge is 2.52. The molecule has 1 unspecified atom stereocenters. The summed E-state index contributed by atoms with van der Waals surface area (Å²) >= 11 is 0. The normalized spacial score (nSPS) is 16.2. The van der Waals surface area contributed by atoms with E-state index in [1.807, 2.05) is 6.92 Å². The van der Waals surface area contributed by atoms with Crippen LogP contribution in [0, 0.1) is 0 Å². The molecule has 1 N–H and O–H groups in total. The standard InChI is InChI=1S/C26H23F3N2O3/c1-3-23-24(18-11-15-22(16-12-18)34-17(2)32)30(20-7-5-4-6-8-20)31(26(27,28)29)25(23)19-9-13-21(33)14-10-19/h4-16,24,33H,3H2,1-2H3. The van der Waals surface area contributed by atoms with Gasteiger partial charge in [-0.05, 0) is 66.1 Å². The number of benzene rings is 3. The summed E-state index contributed by atoms with van der Waals surface area (Å²) in [7, 11) is 0. The van der Waals surface area contributed by atoms with Crippen molar-refractivity contribution in [3.63, 3.8) is 0 Å². The van der Waals surface area contributed by atoms with E-state index in [1.54, 1.807) is 54.6 Å². The van der Waals surface area contributed by atoms with E-state index in [9.17, 15) is 23.1 Å². The summed E-state index contributed by atoms with van der Waals surface area (Å²) in [5, 5.41) is 11.3. The summed E-state index contributed by atoms with van der Waals surface area (Å²) in [6, 6.07) is 19.8. The van der Waals surface area contributed by atoms with Crippen LogP contribution in [0.15, 0.2) is 84.4 Å². The van der Waals surface area contributed by atoms with Crippen molar-refractivity contribution in [2.24, 2.45) is 0 Å². The van der Waals surface area contributed by atoms with Crippen molar-refractivity contribution in [3.05, 3.63) is 95.6 Å². The van der Waals surface area contributed by atoms with Crippen LogP contribution in [0.4, 0.5) is 18.9 Å². The van der Waals surface area contributed by atoms with Gasteiger partial charge in [0.15, 0.2) is 0 Å². The molecule has 0 aromatic heterocycles. The second-order valence-electron chi connectivity index (χ2n) is 7.80. The maximum atomic E-state index is 14.7. The first-order valence-corrected chi connectivity index (χ1v) is 10.7. The Morgan fingerprint density at radius 3 is 2.12 bits per heavy atom. The van der Waals surface area contributed by atoms with E-state index in [4.69, 9.17) is 4.74 Å². The number of phenolic OH excluding ortho intramolecular Hbond substituents is 1. The van der Waals surface area contributed by atoms with Crippen LogP contribution in [0.25, 0.3) is 5.70 Å². The third kappa shape index (κ3) is 4.44. The minimum absolute atomic E-state index is 0.0212. The lowest BCUT2D eigenvalue weighted by Gasteiger charge is -2.38. The molecule has 8 heteroatoms. The average molecular weight is 468 g/mol. The van der Waals surface area contributed by atoms with Crippen LogP contribution >= 0.6 is 0 Å². The van der Waals surface area contributed by atoms with E-state index in [-0.39, 0.29) is 11.4 Å². The molecule has 0 bridgehead atoms. The van der Waals surface area contributed by atoms with E-state index in [1.165, 1.54) is 36.2 Å². The number of para-hydroxylation sites is 1. The Morgan fingerprint density at radius 1 is 0.971 bits per heavy atom. The van der Waals surface area contributed by atoms with Gasteiger partial charge < -0.3 is 9.84 Å². The molecule has 1 aliphatic heterocycles. The first-order chi connectivity index (χ1) is 16.2. The Hall–Kier alpha value is -3.94. The minimum Gasteiger partial charge on any atom is -0.508 e. The maximum absolute atomic E-state index is 14.7. The van der Waals surface area contributed by atoms with E-state index < -0.39 is 18.3 Å². The van der Waals surface area contributed by atoms with E-state index >= 15 is 0 Å². The Balaban J connectivity index is 1.94. The van der Waals surface area contributed by atoms with Crippen LogP contribution in [-0.4, -0.2) is 22.4 Å². The average Bonchev–Trinajstić information content (AvgIpc) is 3.16. The van der Waals surface area contributed by atoms with Gasteiger partial charge in [0.25, 0.3) is 0 Å². The maximum Gasteiger partial charge on any atom is 0.503 e. The molecular formula is C26H23F3N2O3. The van der Waals surface area contributed by atoms with Gasteiger partial charge in [0.2, 0.25) is 0 Å². The molecule has 5 nitrogen and oxygen atoms in total. The number of nitrogens with zero attached hydrogens (tertiary/aromatic N) is 2. The lowest BCUT2D eigenvalue weighted by atomic mass is 9.93. The molecule has 0 fully saturated rings. The number of esters is 1. The lowest BCUT2D eigenvalue weighted by Crippen LogP contribution is -2.47. The molecule has 4 rings (SSSR count). The minimum atomic E-state index is -4.73. The number of phenols is 1. The molecule has 0 amide bonds. The Labute approximate surface area is 195 Å². The number of carbonyl (C=O) groups is 1. The highest BCUT2D eigenvalue weighted by atomic mass is 19.4. The van der Waals surface area contributed by atoms with Crippen molar-refractivity contribution >= 4 is 17.4 Å². The number of hydrogen-bond acceptors (Lipinski definition) is 5. The van der Waals surface area contributed by atoms with Crippen LogP contribution in [0.3, 0.4) is 0 Å². The molecule has 3 aromatic rings. The number of hydrogen-bond donors (Lipinski definition) is 1.